The molecule has 5 heteroatoms. The molecule has 0 saturated heterocycles. The van der Waals surface area contributed by atoms with Crippen LogP contribution in [0.1, 0.15) is 38.2 Å². The summed E-state index contributed by atoms with van der Waals surface area (Å²) in [5, 5.41) is 16.2. The van der Waals surface area contributed by atoms with E-state index in [-0.39, 0.29) is 24.0 Å². The lowest BCUT2D eigenvalue weighted by Crippen LogP contribution is -2.42. The molecule has 118 valence electrons. The Labute approximate surface area is 144 Å². The van der Waals surface area contributed by atoms with Gasteiger partial charge in [-0.2, -0.15) is 0 Å². The second kappa shape index (κ2) is 9.87. The summed E-state index contributed by atoms with van der Waals surface area (Å²) in [5.41, 5.74) is 1.12. The minimum atomic E-state index is 0. The second-order valence-electron chi connectivity index (χ2n) is 5.31. The van der Waals surface area contributed by atoms with Gasteiger partial charge in [-0.1, -0.05) is 25.0 Å². The molecule has 21 heavy (non-hydrogen) atoms. The Balaban J connectivity index is 0.00000220. The Morgan fingerprint density at radius 3 is 2.76 bits per heavy atom. The number of nitrogens with zero attached hydrogens (tertiary/aromatic N) is 1. The first-order valence-electron chi connectivity index (χ1n) is 7.60. The Hall–Kier alpha value is -0.980. The number of halogens is 1. The summed E-state index contributed by atoms with van der Waals surface area (Å²) >= 11 is 0. The van der Waals surface area contributed by atoms with Gasteiger partial charge >= 0.3 is 0 Å². The highest BCUT2D eigenvalue weighted by atomic mass is 127. The van der Waals surface area contributed by atoms with E-state index in [0.29, 0.717) is 11.8 Å². The van der Waals surface area contributed by atoms with E-state index in [9.17, 15) is 5.11 Å². The Bertz CT molecular complexity index is 445. The summed E-state index contributed by atoms with van der Waals surface area (Å²) in [6.07, 6.45) is 5.98. The number of phenolic OH excluding ortho intramolecular Hbond substituents is 1. The number of hydrogen-bond acceptors (Lipinski definition) is 2. The van der Waals surface area contributed by atoms with Gasteiger partial charge in [0.25, 0.3) is 0 Å². The molecule has 2 rings (SSSR count). The van der Waals surface area contributed by atoms with Crippen molar-refractivity contribution in [1.29, 1.82) is 0 Å². The molecule has 1 aromatic carbocycles. The van der Waals surface area contributed by atoms with E-state index in [1.165, 1.54) is 25.7 Å². The highest BCUT2D eigenvalue weighted by Gasteiger charge is 2.15. The van der Waals surface area contributed by atoms with Crippen LogP contribution < -0.4 is 10.6 Å². The fourth-order valence-electron chi connectivity index (χ4n) is 2.59. The van der Waals surface area contributed by atoms with Crippen LogP contribution in [0.2, 0.25) is 0 Å². The lowest BCUT2D eigenvalue weighted by Gasteiger charge is -2.16. The highest BCUT2D eigenvalue weighted by molar-refractivity contribution is 14.0. The van der Waals surface area contributed by atoms with Crippen LogP contribution in [-0.4, -0.2) is 30.2 Å². The number of aromatic hydroxyl groups is 1. The van der Waals surface area contributed by atoms with Gasteiger partial charge in [0.15, 0.2) is 5.96 Å². The van der Waals surface area contributed by atoms with Gasteiger partial charge in [0.05, 0.1) is 0 Å². The minimum Gasteiger partial charge on any atom is -0.508 e. The SMILES string of the molecule is CCNC(=NCCc1cccc(O)c1)NC1CCCC1.I. The Morgan fingerprint density at radius 2 is 2.10 bits per heavy atom. The fraction of sp³-hybridized carbons (Fsp3) is 0.562. The molecule has 1 aliphatic carbocycles. The molecule has 0 spiro atoms. The number of benzene rings is 1. The summed E-state index contributed by atoms with van der Waals surface area (Å²) in [4.78, 5) is 4.61. The van der Waals surface area contributed by atoms with Crippen LogP contribution in [-0.2, 0) is 6.42 Å². The quantitative estimate of drug-likeness (QED) is 0.403. The third-order valence-corrected chi connectivity index (χ3v) is 3.62. The van der Waals surface area contributed by atoms with Crippen molar-refractivity contribution >= 4 is 29.9 Å². The van der Waals surface area contributed by atoms with Gasteiger partial charge < -0.3 is 15.7 Å². The third-order valence-electron chi connectivity index (χ3n) is 3.62. The summed E-state index contributed by atoms with van der Waals surface area (Å²) in [6, 6.07) is 7.96. The van der Waals surface area contributed by atoms with E-state index in [2.05, 4.69) is 22.5 Å². The van der Waals surface area contributed by atoms with Gasteiger partial charge in [-0.3, -0.25) is 4.99 Å². The normalized spacial score (nSPS) is 15.6. The number of rotatable bonds is 5. The van der Waals surface area contributed by atoms with Crippen LogP contribution in [0, 0.1) is 0 Å². The molecule has 0 heterocycles. The molecule has 1 fully saturated rings. The van der Waals surface area contributed by atoms with Crippen LogP contribution >= 0.6 is 24.0 Å². The zero-order chi connectivity index (χ0) is 14.2. The maximum absolute atomic E-state index is 9.44. The topological polar surface area (TPSA) is 56.7 Å². The van der Waals surface area contributed by atoms with Crippen molar-refractivity contribution in [2.75, 3.05) is 13.1 Å². The van der Waals surface area contributed by atoms with Gasteiger partial charge in [0.1, 0.15) is 5.75 Å². The van der Waals surface area contributed by atoms with Crippen molar-refractivity contribution in [2.45, 2.75) is 45.1 Å². The Morgan fingerprint density at radius 1 is 1.33 bits per heavy atom. The van der Waals surface area contributed by atoms with E-state index < -0.39 is 0 Å². The number of hydrogen-bond donors (Lipinski definition) is 3. The molecular formula is C16H26IN3O. The molecule has 0 amide bonds. The van der Waals surface area contributed by atoms with E-state index in [1.807, 2.05) is 12.1 Å². The smallest absolute Gasteiger partial charge is 0.191 e. The van der Waals surface area contributed by atoms with Crippen molar-refractivity contribution in [3.05, 3.63) is 29.8 Å². The van der Waals surface area contributed by atoms with E-state index in [1.54, 1.807) is 12.1 Å². The van der Waals surface area contributed by atoms with Crippen LogP contribution in [0.25, 0.3) is 0 Å². The maximum Gasteiger partial charge on any atom is 0.191 e. The van der Waals surface area contributed by atoms with Crippen molar-refractivity contribution in [3.63, 3.8) is 0 Å². The summed E-state index contributed by atoms with van der Waals surface area (Å²) in [5.74, 6) is 1.24. The van der Waals surface area contributed by atoms with Gasteiger partial charge in [0.2, 0.25) is 0 Å². The van der Waals surface area contributed by atoms with Gasteiger partial charge in [-0.25, -0.2) is 0 Å². The predicted molar refractivity (Wildman–Crippen MR) is 98.6 cm³/mol. The molecule has 0 radical (unpaired) electrons. The number of guanidine groups is 1. The first-order chi connectivity index (χ1) is 9.78. The molecular weight excluding hydrogens is 377 g/mol. The van der Waals surface area contributed by atoms with Gasteiger partial charge in [-0.15, -0.1) is 24.0 Å². The summed E-state index contributed by atoms with van der Waals surface area (Å²) in [7, 11) is 0. The van der Waals surface area contributed by atoms with Gasteiger partial charge in [-0.05, 0) is 43.9 Å². The van der Waals surface area contributed by atoms with Crippen molar-refractivity contribution < 1.29 is 5.11 Å². The average Bonchev–Trinajstić information content (AvgIpc) is 2.92. The monoisotopic (exact) mass is 403 g/mol. The molecule has 3 N–H and O–H groups in total. The zero-order valence-corrected chi connectivity index (χ0v) is 15.0. The first kappa shape index (κ1) is 18.1. The molecule has 0 atom stereocenters. The standard InChI is InChI=1S/C16H25N3O.HI/c1-2-17-16(19-14-7-3-4-8-14)18-11-10-13-6-5-9-15(20)12-13;/h5-6,9,12,14,20H,2-4,7-8,10-11H2,1H3,(H2,17,18,19);1H. The van der Waals surface area contributed by atoms with E-state index in [4.69, 9.17) is 0 Å². The number of phenols is 1. The minimum absolute atomic E-state index is 0. The molecule has 0 bridgehead atoms. The first-order valence-corrected chi connectivity index (χ1v) is 7.60. The summed E-state index contributed by atoms with van der Waals surface area (Å²) in [6.45, 7) is 3.69. The molecule has 4 nitrogen and oxygen atoms in total. The number of aliphatic imine (C=N–C) groups is 1. The lowest BCUT2D eigenvalue weighted by molar-refractivity contribution is 0.474. The predicted octanol–water partition coefficient (Wildman–Crippen LogP) is 3.05. The molecule has 0 unspecified atom stereocenters. The van der Waals surface area contributed by atoms with Crippen LogP contribution in [0.5, 0.6) is 5.75 Å². The maximum atomic E-state index is 9.44. The Kier molecular flexibility index (Phi) is 8.49. The van der Waals surface area contributed by atoms with E-state index in [0.717, 1.165) is 31.0 Å². The molecule has 1 aromatic rings. The van der Waals surface area contributed by atoms with E-state index >= 15 is 0 Å². The molecule has 0 aromatic heterocycles. The van der Waals surface area contributed by atoms with Gasteiger partial charge in [0, 0.05) is 19.1 Å². The zero-order valence-electron chi connectivity index (χ0n) is 12.6. The van der Waals surface area contributed by atoms with Crippen LogP contribution in [0.3, 0.4) is 0 Å². The molecule has 1 saturated carbocycles. The van der Waals surface area contributed by atoms with Crippen LogP contribution in [0.4, 0.5) is 0 Å². The van der Waals surface area contributed by atoms with Crippen molar-refractivity contribution in [2.24, 2.45) is 4.99 Å². The molecule has 1 aliphatic rings. The fourth-order valence-corrected chi connectivity index (χ4v) is 2.59. The number of nitrogens with one attached hydrogen (secondary N) is 2. The van der Waals surface area contributed by atoms with Crippen molar-refractivity contribution in [3.8, 4) is 5.75 Å². The highest BCUT2D eigenvalue weighted by Crippen LogP contribution is 2.17. The largest absolute Gasteiger partial charge is 0.508 e. The summed E-state index contributed by atoms with van der Waals surface area (Å²) < 4.78 is 0. The second-order valence-corrected chi connectivity index (χ2v) is 5.31. The average molecular weight is 403 g/mol. The van der Waals surface area contributed by atoms with Crippen LogP contribution in [0.15, 0.2) is 29.3 Å². The third kappa shape index (κ3) is 6.54. The van der Waals surface area contributed by atoms with Crippen molar-refractivity contribution in [1.82, 2.24) is 10.6 Å². The molecule has 0 aliphatic heterocycles. The lowest BCUT2D eigenvalue weighted by atomic mass is 10.1.